The molecule has 0 amide bonds. The summed E-state index contributed by atoms with van der Waals surface area (Å²) in [7, 11) is 0. The Hall–Kier alpha value is 2.12. The van der Waals surface area contributed by atoms with Crippen molar-refractivity contribution in [1.29, 1.82) is 0 Å². The van der Waals surface area contributed by atoms with E-state index in [0.29, 0.717) is 0 Å². The van der Waals surface area contributed by atoms with E-state index >= 15 is 0 Å². The minimum Gasteiger partial charge on any atom is -1.00 e. The van der Waals surface area contributed by atoms with Crippen LogP contribution in [0.1, 0.15) is 0 Å². The van der Waals surface area contributed by atoms with Gasteiger partial charge in [0.05, 0.1) is 0 Å². The van der Waals surface area contributed by atoms with Gasteiger partial charge < -0.3 is 34.6 Å². The summed E-state index contributed by atoms with van der Waals surface area (Å²) in [6.45, 7) is 0. The third-order valence-electron chi connectivity index (χ3n) is 0. The Morgan fingerprint density at radius 1 is 1.25 bits per heavy atom. The molecular weight excluding hydrogens is 263 g/mol. The minimum absolute atomic E-state index is 0. The molecule has 0 aromatic heterocycles. The molecular formula is H3Cl2O2PS2Zn. The zero-order valence-electron chi connectivity index (χ0n) is 3.66. The van der Waals surface area contributed by atoms with Gasteiger partial charge in [0.25, 0.3) is 0 Å². The fraction of sp³-hybridized carbons (Fsp3) is 0. The first kappa shape index (κ1) is 22.5. The number of hydrogen-bond donors (Lipinski definition) is 3. The van der Waals surface area contributed by atoms with Crippen LogP contribution in [0.2, 0.25) is 0 Å². The first-order valence-corrected chi connectivity index (χ1v) is 4.64. The van der Waals surface area contributed by atoms with Gasteiger partial charge in [-0.25, -0.2) is 0 Å². The molecule has 8 heteroatoms. The summed E-state index contributed by atoms with van der Waals surface area (Å²) >= 11 is 7.07. The zero-order valence-corrected chi connectivity index (χ0v) is 10.7. The Labute approximate surface area is 83.3 Å². The molecule has 2 N–H and O–H groups in total. The van der Waals surface area contributed by atoms with Gasteiger partial charge in [0.1, 0.15) is 0 Å². The molecule has 0 aliphatic heterocycles. The van der Waals surface area contributed by atoms with Crippen LogP contribution in [0.4, 0.5) is 0 Å². The average Bonchev–Trinajstić information content (AvgIpc) is 0.722. The first-order chi connectivity index (χ1) is 2.00. The zero-order chi connectivity index (χ0) is 4.50. The molecule has 0 spiro atoms. The molecule has 2 nitrogen and oxygen atoms in total. The van der Waals surface area contributed by atoms with Crippen molar-refractivity contribution in [3.05, 3.63) is 0 Å². The van der Waals surface area contributed by atoms with Crippen LogP contribution in [0.5, 0.6) is 0 Å². The largest absolute Gasteiger partial charge is 2.00 e. The molecule has 0 saturated heterocycles. The van der Waals surface area contributed by atoms with Gasteiger partial charge in [0.2, 0.25) is 5.69 Å². The topological polar surface area (TPSA) is 40.5 Å². The number of hydrogen-bond acceptors (Lipinski definition) is 1. The molecule has 0 fully saturated rings. The monoisotopic (exact) mass is 264 g/mol. The van der Waals surface area contributed by atoms with Crippen LogP contribution in [-0.4, -0.2) is 9.79 Å². The molecule has 48 valence electrons. The Morgan fingerprint density at radius 3 is 1.25 bits per heavy atom. The molecule has 0 aliphatic carbocycles. The Bertz CT molecular complexity index is 64.2. The van der Waals surface area contributed by atoms with Gasteiger partial charge in [0.15, 0.2) is 0 Å². The molecule has 0 rings (SSSR count). The molecule has 0 saturated carbocycles. The first-order valence-electron chi connectivity index (χ1n) is 0.783. The van der Waals surface area contributed by atoms with Crippen molar-refractivity contribution in [3.8, 4) is 0 Å². The van der Waals surface area contributed by atoms with E-state index in [9.17, 15) is 0 Å². The van der Waals surface area contributed by atoms with Crippen molar-refractivity contribution in [1.82, 2.24) is 0 Å². The van der Waals surface area contributed by atoms with Gasteiger partial charge >= 0.3 is 19.5 Å². The minimum atomic E-state index is -3.11. The smallest absolute Gasteiger partial charge is 1.00 e. The predicted molar refractivity (Wildman–Crippen MR) is 27.7 cm³/mol. The van der Waals surface area contributed by atoms with Crippen LogP contribution in [0, 0.1) is 0 Å². The van der Waals surface area contributed by atoms with Crippen molar-refractivity contribution in [2.24, 2.45) is 0 Å². The van der Waals surface area contributed by atoms with E-state index < -0.39 is 5.69 Å². The van der Waals surface area contributed by atoms with E-state index in [4.69, 9.17) is 9.79 Å². The molecule has 0 atom stereocenters. The van der Waals surface area contributed by atoms with Crippen molar-refractivity contribution in [2.45, 2.75) is 0 Å². The fourth-order valence-electron chi connectivity index (χ4n) is 0. The third kappa shape index (κ3) is 91.4. The van der Waals surface area contributed by atoms with Gasteiger partial charge in [-0.05, 0) is 11.8 Å². The number of thiol groups is 1. The van der Waals surface area contributed by atoms with E-state index in [1.807, 2.05) is 0 Å². The van der Waals surface area contributed by atoms with E-state index in [0.717, 1.165) is 0 Å². The molecule has 0 aromatic carbocycles. The summed E-state index contributed by atoms with van der Waals surface area (Å²) in [5.41, 5.74) is -3.11. The maximum Gasteiger partial charge on any atom is 2.00 e. The molecule has 0 radical (unpaired) electrons. The number of halogens is 2. The molecule has 8 heavy (non-hydrogen) atoms. The summed E-state index contributed by atoms with van der Waals surface area (Å²) in [4.78, 5) is 15.7. The van der Waals surface area contributed by atoms with Gasteiger partial charge in [-0.3, -0.25) is 0 Å². The molecule has 0 bridgehead atoms. The number of rotatable bonds is 0. The van der Waals surface area contributed by atoms with Gasteiger partial charge in [-0.15, -0.1) is 0 Å². The standard InChI is InChI=1S/2ClH.H3O2PS2.Zn/c;;1-3(2,4)5;/h2*1H;(H3,1,2,4,5);/q;;;+2/p-2. The van der Waals surface area contributed by atoms with Gasteiger partial charge in [-0.2, -0.15) is 0 Å². The Morgan fingerprint density at radius 2 is 1.25 bits per heavy atom. The van der Waals surface area contributed by atoms with E-state index in [1.54, 1.807) is 0 Å². The molecule has 0 heterocycles. The SMILES string of the molecule is OP(O)(=S)S.[Cl-].[Cl-].[Zn+2]. The third-order valence-corrected chi connectivity index (χ3v) is 0. The predicted octanol–water partition coefficient (Wildman–Crippen LogP) is -5.87. The summed E-state index contributed by atoms with van der Waals surface area (Å²) in [5, 5.41) is 0. The maximum atomic E-state index is 7.87. The van der Waals surface area contributed by atoms with Crippen LogP contribution in [-0.2, 0) is 31.3 Å². The normalized spacial score (nSPS) is 7.38. The van der Waals surface area contributed by atoms with Crippen LogP contribution in [0.15, 0.2) is 0 Å². The van der Waals surface area contributed by atoms with E-state index in [-0.39, 0.29) is 44.3 Å². The maximum absolute atomic E-state index is 7.87. The van der Waals surface area contributed by atoms with Crippen molar-refractivity contribution in [3.63, 3.8) is 0 Å². The average molecular weight is 266 g/mol. The summed E-state index contributed by atoms with van der Waals surface area (Å²) in [6, 6.07) is 0. The fourth-order valence-corrected chi connectivity index (χ4v) is 0. The van der Waals surface area contributed by atoms with Gasteiger partial charge in [0, 0.05) is 0 Å². The van der Waals surface area contributed by atoms with Crippen molar-refractivity contribution in [2.75, 3.05) is 0 Å². The second-order valence-electron chi connectivity index (χ2n) is 0.513. The second kappa shape index (κ2) is 9.12. The molecule has 0 aliphatic rings. The van der Waals surface area contributed by atoms with Gasteiger partial charge in [-0.1, -0.05) is 12.2 Å². The molecule has 0 aromatic rings. The van der Waals surface area contributed by atoms with Crippen molar-refractivity contribution < 1.29 is 54.1 Å². The quantitative estimate of drug-likeness (QED) is 0.232. The van der Waals surface area contributed by atoms with Crippen molar-refractivity contribution >= 4 is 29.7 Å². The Balaban J connectivity index is -0.0000000267. The van der Waals surface area contributed by atoms with E-state index in [2.05, 4.69) is 24.1 Å². The van der Waals surface area contributed by atoms with Crippen LogP contribution >= 0.6 is 17.9 Å². The molecule has 0 unspecified atom stereocenters. The van der Waals surface area contributed by atoms with Crippen LogP contribution in [0.25, 0.3) is 0 Å². The second-order valence-corrected chi connectivity index (χ2v) is 5.55. The summed E-state index contributed by atoms with van der Waals surface area (Å²) < 4.78 is 0. The Kier molecular flexibility index (Phi) is 25.6. The summed E-state index contributed by atoms with van der Waals surface area (Å²) in [5.74, 6) is 0. The van der Waals surface area contributed by atoms with Crippen LogP contribution < -0.4 is 24.8 Å². The van der Waals surface area contributed by atoms with E-state index in [1.165, 1.54) is 0 Å². The summed E-state index contributed by atoms with van der Waals surface area (Å²) in [6.07, 6.45) is 0. The van der Waals surface area contributed by atoms with Crippen LogP contribution in [0.3, 0.4) is 0 Å².